The molecule has 2 aromatic carbocycles. The van der Waals surface area contributed by atoms with E-state index in [0.29, 0.717) is 11.6 Å². The third-order valence-electron chi connectivity index (χ3n) is 3.40. The Morgan fingerprint density at radius 1 is 1.19 bits per heavy atom. The van der Waals surface area contributed by atoms with Crippen molar-refractivity contribution < 1.29 is 4.74 Å². The van der Waals surface area contributed by atoms with Gasteiger partial charge in [0.25, 0.3) is 0 Å². The molecule has 0 aromatic heterocycles. The predicted octanol–water partition coefficient (Wildman–Crippen LogP) is 5.11. The van der Waals surface area contributed by atoms with Gasteiger partial charge in [0.05, 0.1) is 18.6 Å². The van der Waals surface area contributed by atoms with E-state index >= 15 is 0 Å². The van der Waals surface area contributed by atoms with Gasteiger partial charge >= 0.3 is 0 Å². The second-order valence-electron chi connectivity index (χ2n) is 4.99. The summed E-state index contributed by atoms with van der Waals surface area (Å²) in [6.07, 6.45) is 1.60. The Bertz CT molecular complexity index is 633. The maximum atomic E-state index is 9.30. The van der Waals surface area contributed by atoms with Gasteiger partial charge in [0.1, 0.15) is 5.75 Å². The van der Waals surface area contributed by atoms with Crippen LogP contribution in [0.4, 0.5) is 0 Å². The Hall–Kier alpha value is -1.98. The maximum Gasteiger partial charge on any atom is 0.122 e. The molecule has 0 radical (unpaired) electrons. The summed E-state index contributed by atoms with van der Waals surface area (Å²) in [6.45, 7) is 2.64. The summed E-state index contributed by atoms with van der Waals surface area (Å²) in [5.74, 6) is 0.776. The molecule has 0 amide bonds. The van der Waals surface area contributed by atoms with Crippen molar-refractivity contribution in [2.45, 2.75) is 25.7 Å². The first kappa shape index (κ1) is 15.4. The molecule has 2 aromatic rings. The Morgan fingerprint density at radius 2 is 2.00 bits per heavy atom. The molecule has 0 fully saturated rings. The molecule has 2 rings (SSSR count). The molecule has 0 aliphatic carbocycles. The molecule has 0 spiro atoms. The maximum absolute atomic E-state index is 9.30. The van der Waals surface area contributed by atoms with Crippen molar-refractivity contribution >= 4 is 11.6 Å². The lowest BCUT2D eigenvalue weighted by molar-refractivity contribution is 0.303. The Kier molecular flexibility index (Phi) is 5.66. The minimum absolute atomic E-state index is 0.135. The number of hydrogen-bond donors (Lipinski definition) is 0. The third-order valence-corrected chi connectivity index (χ3v) is 3.63. The monoisotopic (exact) mass is 299 g/mol. The molecule has 0 saturated carbocycles. The van der Waals surface area contributed by atoms with Crippen molar-refractivity contribution in [2.75, 3.05) is 6.61 Å². The van der Waals surface area contributed by atoms with E-state index in [4.69, 9.17) is 16.3 Å². The number of ether oxygens (including phenoxy) is 1. The summed E-state index contributed by atoms with van der Waals surface area (Å²) >= 11 is 5.97. The van der Waals surface area contributed by atoms with Crippen LogP contribution < -0.4 is 4.74 Å². The zero-order chi connectivity index (χ0) is 15.1. The van der Waals surface area contributed by atoms with Crippen molar-refractivity contribution in [2.24, 2.45) is 0 Å². The number of para-hydroxylation sites is 1. The first-order valence-electron chi connectivity index (χ1n) is 7.04. The molecular weight excluding hydrogens is 282 g/mol. The molecule has 0 bridgehead atoms. The van der Waals surface area contributed by atoms with Crippen molar-refractivity contribution in [1.29, 1.82) is 5.26 Å². The topological polar surface area (TPSA) is 33.0 Å². The van der Waals surface area contributed by atoms with E-state index in [1.165, 1.54) is 0 Å². The standard InChI is InChI=1S/C18H18ClNO/c1-14-6-2-3-10-18(14)21-11-5-8-16(13-20)15-7-4-9-17(19)12-15/h2-4,6-7,9-10,12,16H,5,8,11H2,1H3. The highest BCUT2D eigenvalue weighted by Gasteiger charge is 2.10. The smallest absolute Gasteiger partial charge is 0.122 e. The van der Waals surface area contributed by atoms with Gasteiger partial charge in [-0.3, -0.25) is 0 Å². The highest BCUT2D eigenvalue weighted by molar-refractivity contribution is 6.30. The lowest BCUT2D eigenvalue weighted by atomic mass is 9.96. The number of nitriles is 1. The van der Waals surface area contributed by atoms with Crippen LogP contribution in [-0.4, -0.2) is 6.61 Å². The van der Waals surface area contributed by atoms with Crippen LogP contribution in [0.1, 0.15) is 29.9 Å². The van der Waals surface area contributed by atoms with Gasteiger partial charge in [0, 0.05) is 5.02 Å². The van der Waals surface area contributed by atoms with Crippen LogP contribution in [0.25, 0.3) is 0 Å². The molecule has 0 aliphatic heterocycles. The van der Waals surface area contributed by atoms with Crippen LogP contribution in [0.2, 0.25) is 5.02 Å². The average molecular weight is 300 g/mol. The van der Waals surface area contributed by atoms with Crippen LogP contribution in [0.5, 0.6) is 5.75 Å². The summed E-state index contributed by atoms with van der Waals surface area (Å²) < 4.78 is 5.76. The quantitative estimate of drug-likeness (QED) is 0.694. The SMILES string of the molecule is Cc1ccccc1OCCCC(C#N)c1cccc(Cl)c1. The number of benzene rings is 2. The van der Waals surface area contributed by atoms with Crippen LogP contribution in [0.3, 0.4) is 0 Å². The van der Waals surface area contributed by atoms with Crippen LogP contribution in [0, 0.1) is 18.3 Å². The fraction of sp³-hybridized carbons (Fsp3) is 0.278. The number of hydrogen-bond acceptors (Lipinski definition) is 2. The Morgan fingerprint density at radius 3 is 2.71 bits per heavy atom. The lowest BCUT2D eigenvalue weighted by Gasteiger charge is -2.11. The van der Waals surface area contributed by atoms with E-state index < -0.39 is 0 Å². The fourth-order valence-corrected chi connectivity index (χ4v) is 2.42. The van der Waals surface area contributed by atoms with Crippen molar-refractivity contribution in [3.63, 3.8) is 0 Å². The van der Waals surface area contributed by atoms with Gasteiger partial charge in [0.15, 0.2) is 0 Å². The first-order valence-corrected chi connectivity index (χ1v) is 7.42. The molecule has 21 heavy (non-hydrogen) atoms. The number of nitrogens with zero attached hydrogens (tertiary/aromatic N) is 1. The Labute approximate surface area is 130 Å². The zero-order valence-electron chi connectivity index (χ0n) is 12.1. The average Bonchev–Trinajstić information content (AvgIpc) is 2.49. The highest BCUT2D eigenvalue weighted by Crippen LogP contribution is 2.24. The van der Waals surface area contributed by atoms with Crippen molar-refractivity contribution in [3.05, 3.63) is 64.7 Å². The molecule has 108 valence electrons. The zero-order valence-corrected chi connectivity index (χ0v) is 12.8. The van der Waals surface area contributed by atoms with Gasteiger partial charge in [0.2, 0.25) is 0 Å². The van der Waals surface area contributed by atoms with Gasteiger partial charge in [-0.2, -0.15) is 5.26 Å². The highest BCUT2D eigenvalue weighted by atomic mass is 35.5. The van der Waals surface area contributed by atoms with Gasteiger partial charge in [-0.15, -0.1) is 0 Å². The summed E-state index contributed by atoms with van der Waals surface area (Å²) in [7, 11) is 0. The van der Waals surface area contributed by atoms with Crippen LogP contribution >= 0.6 is 11.6 Å². The predicted molar refractivity (Wildman–Crippen MR) is 85.7 cm³/mol. The fourth-order valence-electron chi connectivity index (χ4n) is 2.22. The molecule has 0 saturated heterocycles. The molecule has 0 heterocycles. The number of aryl methyl sites for hydroxylation is 1. The van der Waals surface area contributed by atoms with E-state index in [0.717, 1.165) is 29.7 Å². The molecule has 3 heteroatoms. The Balaban J connectivity index is 1.85. The minimum Gasteiger partial charge on any atom is -0.493 e. The second-order valence-corrected chi connectivity index (χ2v) is 5.43. The largest absolute Gasteiger partial charge is 0.493 e. The van der Waals surface area contributed by atoms with Crippen molar-refractivity contribution in [3.8, 4) is 11.8 Å². The molecule has 0 aliphatic rings. The lowest BCUT2D eigenvalue weighted by Crippen LogP contribution is -2.02. The van der Waals surface area contributed by atoms with E-state index in [1.54, 1.807) is 0 Å². The van der Waals surface area contributed by atoms with E-state index in [2.05, 4.69) is 6.07 Å². The van der Waals surface area contributed by atoms with Crippen molar-refractivity contribution in [1.82, 2.24) is 0 Å². The molecule has 2 nitrogen and oxygen atoms in total. The van der Waals surface area contributed by atoms with E-state index in [-0.39, 0.29) is 5.92 Å². The summed E-state index contributed by atoms with van der Waals surface area (Å²) in [4.78, 5) is 0. The van der Waals surface area contributed by atoms with Gasteiger partial charge < -0.3 is 4.74 Å². The van der Waals surface area contributed by atoms with E-state index in [9.17, 15) is 5.26 Å². The summed E-state index contributed by atoms with van der Waals surface area (Å²) in [6, 6.07) is 17.8. The van der Waals surface area contributed by atoms with Gasteiger partial charge in [-0.05, 0) is 49.1 Å². The first-order chi connectivity index (χ1) is 10.2. The van der Waals surface area contributed by atoms with E-state index in [1.807, 2.05) is 55.5 Å². The molecule has 0 N–H and O–H groups in total. The third kappa shape index (κ3) is 4.51. The minimum atomic E-state index is -0.135. The summed E-state index contributed by atoms with van der Waals surface area (Å²) in [5, 5.41) is 9.97. The van der Waals surface area contributed by atoms with Crippen LogP contribution in [0.15, 0.2) is 48.5 Å². The van der Waals surface area contributed by atoms with Crippen LogP contribution in [-0.2, 0) is 0 Å². The summed E-state index contributed by atoms with van der Waals surface area (Å²) in [5.41, 5.74) is 2.10. The second kappa shape index (κ2) is 7.71. The molecular formula is C18H18ClNO. The molecule has 1 atom stereocenters. The van der Waals surface area contributed by atoms with Gasteiger partial charge in [-0.1, -0.05) is 41.9 Å². The molecule has 1 unspecified atom stereocenters. The van der Waals surface area contributed by atoms with Gasteiger partial charge in [-0.25, -0.2) is 0 Å². The number of halogens is 1. The normalized spacial score (nSPS) is 11.7. The number of rotatable bonds is 6.